The lowest BCUT2D eigenvalue weighted by molar-refractivity contribution is -0.312. The summed E-state index contributed by atoms with van der Waals surface area (Å²) in [4.78, 5) is 27.4. The number of carboxylic acid groups (broad SMARTS) is 1. The van der Waals surface area contributed by atoms with Crippen molar-refractivity contribution < 1.29 is 84.7 Å². The summed E-state index contributed by atoms with van der Waals surface area (Å²) < 4.78 is 24.2. The number of nitrogens with zero attached hydrogens (tertiary/aromatic N) is 1. The van der Waals surface area contributed by atoms with Crippen molar-refractivity contribution in [2.45, 2.75) is 227 Å². The van der Waals surface area contributed by atoms with Crippen LogP contribution in [0.2, 0.25) is 0 Å². The second-order valence-electron chi connectivity index (χ2n) is 22.5. The third-order valence-corrected chi connectivity index (χ3v) is 15.4. The van der Waals surface area contributed by atoms with Gasteiger partial charge >= 0.3 is 11.9 Å². The minimum absolute atomic E-state index is 0.120. The first-order chi connectivity index (χ1) is 38.4. The van der Waals surface area contributed by atoms with E-state index in [0.717, 1.165) is 25.7 Å². The Hall–Kier alpha value is -3.60. The molecule has 0 aromatic rings. The van der Waals surface area contributed by atoms with Crippen molar-refractivity contribution in [1.82, 2.24) is 4.90 Å². The number of aliphatic carboxylic acids is 1. The fourth-order valence-electron chi connectivity index (χ4n) is 10.6. The Labute approximate surface area is 479 Å². The summed E-state index contributed by atoms with van der Waals surface area (Å²) in [5.74, 6) is -6.96. The summed E-state index contributed by atoms with van der Waals surface area (Å²) in [6, 6.07) is -1.74. The van der Waals surface area contributed by atoms with Crippen LogP contribution < -0.4 is 22.9 Å². The Morgan fingerprint density at radius 2 is 1.20 bits per heavy atom. The number of carboxylic acids is 1. The molecule has 0 aliphatic carbocycles. The number of hydrogen-bond acceptors (Lipinski definition) is 21. The number of rotatable bonds is 16. The van der Waals surface area contributed by atoms with Gasteiger partial charge in [0, 0.05) is 62.7 Å². The minimum Gasteiger partial charge on any atom is -0.481 e. The average Bonchev–Trinajstić information content (AvgIpc) is 3.45. The lowest BCUT2D eigenvalue weighted by Crippen LogP contribution is -2.66. The zero-order valence-corrected chi connectivity index (χ0v) is 48.0. The van der Waals surface area contributed by atoms with Crippen LogP contribution in [0.1, 0.15) is 118 Å². The number of carbonyl (C=O) groups is 2. The normalized spacial score (nSPS) is 39.8. The third-order valence-electron chi connectivity index (χ3n) is 15.4. The van der Waals surface area contributed by atoms with Crippen molar-refractivity contribution in [2.75, 3.05) is 26.2 Å². The number of cyclic esters (lactones) is 1. The number of hydrogen-bond donors (Lipinski definition) is 15. The van der Waals surface area contributed by atoms with Crippen molar-refractivity contribution in [1.29, 1.82) is 0 Å². The maximum absolute atomic E-state index is 12.9. The molecular formula is C59H101N5O17. The average molecular weight is 1150 g/mol. The van der Waals surface area contributed by atoms with Crippen molar-refractivity contribution in [2.24, 2.45) is 40.7 Å². The fourth-order valence-corrected chi connectivity index (χ4v) is 10.6. The molecule has 0 saturated carbocycles. The second-order valence-corrected chi connectivity index (χ2v) is 22.5. The van der Waals surface area contributed by atoms with Gasteiger partial charge in [-0.25, -0.2) is 0 Å². The van der Waals surface area contributed by atoms with E-state index in [1.54, 1.807) is 81.5 Å². The molecule has 0 amide bonds. The molecule has 3 aliphatic heterocycles. The molecule has 21 atom stereocenters. The van der Waals surface area contributed by atoms with Gasteiger partial charge in [-0.15, -0.1) is 0 Å². The molecule has 3 heterocycles. The monoisotopic (exact) mass is 1150 g/mol. The third kappa shape index (κ3) is 26.1. The van der Waals surface area contributed by atoms with Crippen LogP contribution >= 0.6 is 0 Å². The molecule has 0 aromatic carbocycles. The van der Waals surface area contributed by atoms with E-state index < -0.39 is 147 Å². The van der Waals surface area contributed by atoms with Gasteiger partial charge in [-0.05, 0) is 71.9 Å². The molecule has 2 bridgehead atoms. The Bertz CT molecular complexity index is 1990. The molecule has 464 valence electrons. The minimum atomic E-state index is -2.37. The lowest BCUT2D eigenvalue weighted by atomic mass is 9.82. The first-order valence-electron chi connectivity index (χ1n) is 29.0. The van der Waals surface area contributed by atoms with Crippen LogP contribution in [-0.2, 0) is 28.5 Å². The highest BCUT2D eigenvalue weighted by atomic mass is 16.7. The van der Waals surface area contributed by atoms with Gasteiger partial charge in [-0.2, -0.15) is 0 Å². The van der Waals surface area contributed by atoms with E-state index in [1.165, 1.54) is 0 Å². The van der Waals surface area contributed by atoms with E-state index in [9.17, 15) is 65.8 Å². The van der Waals surface area contributed by atoms with Gasteiger partial charge in [0.15, 0.2) is 12.1 Å². The second kappa shape index (κ2) is 37.7. The Kier molecular flexibility index (Phi) is 33.3. The van der Waals surface area contributed by atoms with Gasteiger partial charge in [-0.3, -0.25) is 14.5 Å². The summed E-state index contributed by atoms with van der Waals surface area (Å²) in [6.07, 6.45) is 7.35. The Morgan fingerprint density at radius 1 is 0.654 bits per heavy atom. The zero-order valence-electron chi connectivity index (χ0n) is 48.0. The lowest BCUT2D eigenvalue weighted by Gasteiger charge is -2.48. The fraction of sp³-hybridized carbons (Fsp3) is 0.729. The summed E-state index contributed by atoms with van der Waals surface area (Å²) in [7, 11) is 0. The molecule has 0 spiro atoms. The molecule has 0 radical (unpaired) electrons. The first-order valence-corrected chi connectivity index (χ1v) is 29.0. The largest absolute Gasteiger partial charge is 0.481 e. The maximum Gasteiger partial charge on any atom is 0.311 e. The number of nitrogens with two attached hydrogens (primary N) is 4. The molecule has 2 fully saturated rings. The standard InChI is InChI=1S/C59H101N5O17/c1-37-21-15-13-11-9-7-5-6-8-10-12-14-16-24-46(80-58-56(74)53(55(73)40(4)79-58)64(35-41(62)22-17-19-27-60)36-42(63)23-18-20-28-61)32-50-52(57(75)76)49(70)34-59(77,81-50)33-45(67)30-48(69)47(68)26-25-43(65)29-44(66)31-51(71)78-39(3)38(2)54(37)72/h5-16,21,24,37-50,52-56,58,65-70,72-74,77H,17-20,22-23,25-36,60-63H2,1-4H3,(H,75,76)/b6-5+,9-7+,10-8+,13-11+,14-12+,21-15+,24-16+/t37-,38-,39-,40+,41?,42?,43+,44+,45-,46-,47+,48+,49-,50?,52+,53-,54+,55+,56-,58-,59+/m0/s1. The topological polar surface area (TPSA) is 401 Å². The number of unbranched alkanes of at least 4 members (excludes halogenated alkanes) is 2. The van der Waals surface area contributed by atoms with E-state index in [0.29, 0.717) is 25.9 Å². The van der Waals surface area contributed by atoms with Crippen molar-refractivity contribution in [3.05, 3.63) is 85.1 Å². The van der Waals surface area contributed by atoms with Crippen molar-refractivity contribution >= 4 is 11.9 Å². The smallest absolute Gasteiger partial charge is 0.311 e. The van der Waals surface area contributed by atoms with E-state index >= 15 is 0 Å². The number of esters is 1. The quantitative estimate of drug-likeness (QED) is 0.0756. The molecule has 3 aliphatic rings. The van der Waals surface area contributed by atoms with Gasteiger partial charge in [0.2, 0.25) is 0 Å². The van der Waals surface area contributed by atoms with Crippen LogP contribution in [-0.4, -0.2) is 209 Å². The highest BCUT2D eigenvalue weighted by Crippen LogP contribution is 2.38. The Morgan fingerprint density at radius 3 is 1.74 bits per heavy atom. The Balaban J connectivity index is 2.00. The highest BCUT2D eigenvalue weighted by molar-refractivity contribution is 5.71. The molecule has 3 unspecified atom stereocenters. The predicted molar refractivity (Wildman–Crippen MR) is 306 cm³/mol. The van der Waals surface area contributed by atoms with Gasteiger partial charge in [0.05, 0.1) is 79.6 Å². The molecule has 19 N–H and O–H groups in total. The summed E-state index contributed by atoms with van der Waals surface area (Å²) in [5.41, 5.74) is 24.8. The van der Waals surface area contributed by atoms with Gasteiger partial charge in [0.1, 0.15) is 18.1 Å². The molecule has 0 aromatic heterocycles. The van der Waals surface area contributed by atoms with Crippen molar-refractivity contribution in [3.63, 3.8) is 0 Å². The number of aliphatic hydroxyl groups is 10. The number of allylic oxidation sites excluding steroid dienone is 12. The van der Waals surface area contributed by atoms with Crippen LogP contribution in [0.25, 0.3) is 0 Å². The molecule has 2 saturated heterocycles. The van der Waals surface area contributed by atoms with E-state index in [2.05, 4.69) is 0 Å². The van der Waals surface area contributed by atoms with E-state index in [4.69, 9.17) is 41.9 Å². The number of fused-ring (bicyclic) bond motifs is 2. The maximum atomic E-state index is 12.9. The predicted octanol–water partition coefficient (Wildman–Crippen LogP) is 0.968. The summed E-state index contributed by atoms with van der Waals surface area (Å²) >= 11 is 0. The number of ether oxygens (including phenoxy) is 4. The van der Waals surface area contributed by atoms with E-state index in [1.807, 2.05) is 36.1 Å². The van der Waals surface area contributed by atoms with Gasteiger partial charge in [0.25, 0.3) is 0 Å². The van der Waals surface area contributed by atoms with Crippen LogP contribution in [0.4, 0.5) is 0 Å². The SMILES string of the molecule is C[C@@H]1[C@H](O)[C@@H](C)/C=C/C=C/C=C/C=C/C=C/C=C/C=C/[C@H](O[C@@H]2O[C@H](C)[C@@H](O)[C@H](N(CC(N)CCCCN)CC(N)CCCCN)[C@@H]2O)CC2O[C@](O)(C[C@@H](O)C[C@@H](O)[C@H](O)CC[C@@H](O)C[C@@H](O)CC(=O)O[C@H]1C)C[C@H](O)[C@H]2C(=O)O. The first kappa shape index (κ1) is 71.7. The molecule has 3 rings (SSSR count). The summed E-state index contributed by atoms with van der Waals surface area (Å²) in [6.45, 7) is 8.34. The van der Waals surface area contributed by atoms with Crippen LogP contribution in [0.3, 0.4) is 0 Å². The van der Waals surface area contributed by atoms with Crippen LogP contribution in [0.5, 0.6) is 0 Å². The molecule has 22 nitrogen and oxygen atoms in total. The highest BCUT2D eigenvalue weighted by Gasteiger charge is 2.52. The molecule has 22 heteroatoms. The van der Waals surface area contributed by atoms with Gasteiger partial charge < -0.3 is 98.1 Å². The summed E-state index contributed by atoms with van der Waals surface area (Å²) in [5, 5.41) is 123. The number of aliphatic hydroxyl groups excluding tert-OH is 9. The van der Waals surface area contributed by atoms with Crippen molar-refractivity contribution in [3.8, 4) is 0 Å². The molecule has 81 heavy (non-hydrogen) atoms. The van der Waals surface area contributed by atoms with Crippen LogP contribution in [0, 0.1) is 17.8 Å². The van der Waals surface area contributed by atoms with E-state index in [-0.39, 0.29) is 56.8 Å². The van der Waals surface area contributed by atoms with Gasteiger partial charge in [-0.1, -0.05) is 112 Å². The van der Waals surface area contributed by atoms with Crippen LogP contribution in [0.15, 0.2) is 85.1 Å². The zero-order chi connectivity index (χ0) is 60.2. The molecular weight excluding hydrogens is 1050 g/mol. The number of carbonyl (C=O) groups excluding carboxylic acids is 1.